The zero-order chi connectivity index (χ0) is 23.6. The third-order valence-electron chi connectivity index (χ3n) is 6.81. The van der Waals surface area contributed by atoms with Gasteiger partial charge >= 0.3 is 0 Å². The zero-order valence-corrected chi connectivity index (χ0v) is 19.5. The standard InChI is InChI=1S/C28H27N5O2/c29-17-21-15-20(3-6-27(21)35-23-7-9-30-18-23)24-8-10-31-28-25(24)16-26(32-28)19-1-4-22(5-2-19)33-11-13-34-14-12-33/h1-6,8,10,15-16,23,30H,7,9,11-14,18H2,(H,31,32)/t23-/m1/s1. The third kappa shape index (κ3) is 4.34. The highest BCUT2D eigenvalue weighted by Crippen LogP contribution is 2.34. The number of aromatic amines is 1. The Morgan fingerprint density at radius 3 is 2.63 bits per heavy atom. The van der Waals surface area contributed by atoms with Crippen LogP contribution in [0.25, 0.3) is 33.4 Å². The van der Waals surface area contributed by atoms with Gasteiger partial charge in [-0.1, -0.05) is 18.2 Å². The Hall–Kier alpha value is -3.86. The first-order chi connectivity index (χ1) is 17.3. The van der Waals surface area contributed by atoms with Crippen LogP contribution in [-0.2, 0) is 4.74 Å². The van der Waals surface area contributed by atoms with Crippen LogP contribution in [-0.4, -0.2) is 55.5 Å². The summed E-state index contributed by atoms with van der Waals surface area (Å²) in [6.07, 6.45) is 2.87. The second-order valence-electron chi connectivity index (χ2n) is 9.01. The van der Waals surface area contributed by atoms with Crippen LogP contribution in [0.4, 0.5) is 5.69 Å². The molecule has 0 unspecified atom stereocenters. The van der Waals surface area contributed by atoms with Crippen molar-refractivity contribution in [3.8, 4) is 34.2 Å². The van der Waals surface area contributed by atoms with E-state index in [0.29, 0.717) is 11.3 Å². The van der Waals surface area contributed by atoms with Crippen LogP contribution >= 0.6 is 0 Å². The third-order valence-corrected chi connectivity index (χ3v) is 6.81. The monoisotopic (exact) mass is 465 g/mol. The number of fused-ring (bicyclic) bond motifs is 1. The first-order valence-corrected chi connectivity index (χ1v) is 12.1. The number of nitrogens with zero attached hydrogens (tertiary/aromatic N) is 3. The molecule has 4 heterocycles. The summed E-state index contributed by atoms with van der Waals surface area (Å²) in [7, 11) is 0. The molecule has 2 saturated heterocycles. The van der Waals surface area contributed by atoms with Gasteiger partial charge in [0.05, 0.1) is 18.8 Å². The fraction of sp³-hybridized carbons (Fsp3) is 0.286. The highest BCUT2D eigenvalue weighted by atomic mass is 16.5. The highest BCUT2D eigenvalue weighted by Gasteiger charge is 2.19. The lowest BCUT2D eigenvalue weighted by molar-refractivity contribution is 0.122. The average molecular weight is 466 g/mol. The predicted molar refractivity (Wildman–Crippen MR) is 137 cm³/mol. The molecule has 4 aromatic rings. The van der Waals surface area contributed by atoms with Gasteiger partial charge in [0.25, 0.3) is 0 Å². The van der Waals surface area contributed by atoms with Gasteiger partial charge in [0, 0.05) is 42.6 Å². The Bertz CT molecular complexity index is 1380. The van der Waals surface area contributed by atoms with Crippen LogP contribution in [0.3, 0.4) is 0 Å². The zero-order valence-electron chi connectivity index (χ0n) is 19.5. The molecule has 0 bridgehead atoms. The van der Waals surface area contributed by atoms with E-state index in [-0.39, 0.29) is 6.10 Å². The number of hydrogen-bond donors (Lipinski definition) is 2. The Kier molecular flexibility index (Phi) is 5.83. The van der Waals surface area contributed by atoms with Crippen molar-refractivity contribution in [2.45, 2.75) is 12.5 Å². The maximum absolute atomic E-state index is 9.77. The van der Waals surface area contributed by atoms with Crippen molar-refractivity contribution in [3.63, 3.8) is 0 Å². The molecular formula is C28H27N5O2. The van der Waals surface area contributed by atoms with Gasteiger partial charge in [0.2, 0.25) is 0 Å². The van der Waals surface area contributed by atoms with Crippen molar-refractivity contribution in [1.29, 1.82) is 5.26 Å². The number of nitrogens with one attached hydrogen (secondary N) is 2. The second kappa shape index (κ2) is 9.41. The van der Waals surface area contributed by atoms with Crippen LogP contribution in [0.15, 0.2) is 60.8 Å². The van der Waals surface area contributed by atoms with E-state index in [1.54, 1.807) is 6.20 Å². The van der Waals surface area contributed by atoms with Crippen LogP contribution in [0, 0.1) is 11.3 Å². The molecule has 0 spiro atoms. The summed E-state index contributed by atoms with van der Waals surface area (Å²) in [5.74, 6) is 0.644. The largest absolute Gasteiger partial charge is 0.488 e. The number of nitriles is 1. The molecule has 1 atom stereocenters. The smallest absolute Gasteiger partial charge is 0.138 e. The number of H-pyrrole nitrogens is 1. The first-order valence-electron chi connectivity index (χ1n) is 12.1. The van der Waals surface area contributed by atoms with E-state index in [1.165, 1.54) is 5.69 Å². The summed E-state index contributed by atoms with van der Waals surface area (Å²) in [4.78, 5) is 10.4. The summed E-state index contributed by atoms with van der Waals surface area (Å²) in [5, 5.41) is 14.1. The number of hydrogen-bond acceptors (Lipinski definition) is 6. The van der Waals surface area contributed by atoms with Gasteiger partial charge in [-0.05, 0) is 66.1 Å². The summed E-state index contributed by atoms with van der Waals surface area (Å²) in [5.41, 5.74) is 6.72. The SMILES string of the molecule is N#Cc1cc(-c2ccnc3[nH]c(-c4ccc(N5CCOCC5)cc4)cc23)ccc1O[C@@H]1CCNC1. The molecule has 35 heavy (non-hydrogen) atoms. The minimum atomic E-state index is 0.113. The molecule has 0 saturated carbocycles. The molecule has 2 aromatic carbocycles. The Morgan fingerprint density at radius 2 is 1.86 bits per heavy atom. The quantitative estimate of drug-likeness (QED) is 0.456. The molecular weight excluding hydrogens is 438 g/mol. The van der Waals surface area contributed by atoms with E-state index in [2.05, 4.69) is 56.6 Å². The molecule has 2 aliphatic heterocycles. The van der Waals surface area contributed by atoms with Crippen LogP contribution < -0.4 is 15.0 Å². The molecule has 2 aliphatic rings. The fourth-order valence-corrected chi connectivity index (χ4v) is 4.90. The van der Waals surface area contributed by atoms with Gasteiger partial charge < -0.3 is 24.7 Å². The van der Waals surface area contributed by atoms with Gasteiger partial charge in [-0.15, -0.1) is 0 Å². The number of anilines is 1. The minimum absolute atomic E-state index is 0.113. The number of ether oxygens (including phenoxy) is 2. The molecule has 6 rings (SSSR count). The number of aromatic nitrogens is 2. The lowest BCUT2D eigenvalue weighted by Gasteiger charge is -2.28. The van der Waals surface area contributed by atoms with Crippen molar-refractivity contribution >= 4 is 16.7 Å². The van der Waals surface area contributed by atoms with Gasteiger partial charge in [0.15, 0.2) is 0 Å². The molecule has 0 amide bonds. The maximum atomic E-state index is 9.77. The molecule has 7 heteroatoms. The lowest BCUT2D eigenvalue weighted by atomic mass is 10.0. The number of pyridine rings is 1. The predicted octanol–water partition coefficient (Wildman–Crippen LogP) is 4.35. The van der Waals surface area contributed by atoms with E-state index in [4.69, 9.17) is 9.47 Å². The fourth-order valence-electron chi connectivity index (χ4n) is 4.90. The van der Waals surface area contributed by atoms with Crippen molar-refractivity contribution in [3.05, 3.63) is 66.4 Å². The summed E-state index contributed by atoms with van der Waals surface area (Å²) in [6.45, 7) is 5.16. The Labute approximate surface area is 204 Å². The minimum Gasteiger partial charge on any atom is -0.488 e. The molecule has 0 aliphatic carbocycles. The van der Waals surface area contributed by atoms with Crippen molar-refractivity contribution < 1.29 is 9.47 Å². The lowest BCUT2D eigenvalue weighted by Crippen LogP contribution is -2.36. The van der Waals surface area contributed by atoms with Gasteiger partial charge in [-0.25, -0.2) is 4.98 Å². The van der Waals surface area contributed by atoms with E-state index in [9.17, 15) is 5.26 Å². The van der Waals surface area contributed by atoms with Crippen LogP contribution in [0.2, 0.25) is 0 Å². The van der Waals surface area contributed by atoms with E-state index < -0.39 is 0 Å². The normalized spacial score (nSPS) is 18.0. The van der Waals surface area contributed by atoms with E-state index in [1.807, 2.05) is 24.3 Å². The summed E-state index contributed by atoms with van der Waals surface area (Å²) < 4.78 is 11.5. The Morgan fingerprint density at radius 1 is 1.03 bits per heavy atom. The topological polar surface area (TPSA) is 86.2 Å². The van der Waals surface area contributed by atoms with E-state index in [0.717, 1.165) is 79.2 Å². The second-order valence-corrected chi connectivity index (χ2v) is 9.01. The highest BCUT2D eigenvalue weighted by molar-refractivity contribution is 5.96. The molecule has 2 N–H and O–H groups in total. The van der Waals surface area contributed by atoms with Crippen LogP contribution in [0.1, 0.15) is 12.0 Å². The van der Waals surface area contributed by atoms with Crippen molar-refractivity contribution in [2.24, 2.45) is 0 Å². The van der Waals surface area contributed by atoms with Crippen LogP contribution in [0.5, 0.6) is 5.75 Å². The van der Waals surface area contributed by atoms with E-state index >= 15 is 0 Å². The van der Waals surface area contributed by atoms with Crippen molar-refractivity contribution in [2.75, 3.05) is 44.3 Å². The van der Waals surface area contributed by atoms with Crippen molar-refractivity contribution in [1.82, 2.24) is 15.3 Å². The number of benzene rings is 2. The van der Waals surface area contributed by atoms with Gasteiger partial charge in [-0.2, -0.15) is 5.26 Å². The molecule has 7 nitrogen and oxygen atoms in total. The average Bonchev–Trinajstić information content (AvgIpc) is 3.59. The molecule has 176 valence electrons. The first kappa shape index (κ1) is 21.7. The van der Waals surface area contributed by atoms with Gasteiger partial charge in [-0.3, -0.25) is 0 Å². The number of rotatable bonds is 5. The van der Waals surface area contributed by atoms with Gasteiger partial charge in [0.1, 0.15) is 23.6 Å². The molecule has 2 aromatic heterocycles. The number of morpholine rings is 1. The summed E-state index contributed by atoms with van der Waals surface area (Å²) in [6, 6.07) is 20.9. The molecule has 0 radical (unpaired) electrons. The Balaban J connectivity index is 1.30. The molecule has 2 fully saturated rings. The maximum Gasteiger partial charge on any atom is 0.138 e. The summed E-state index contributed by atoms with van der Waals surface area (Å²) >= 11 is 0.